The molecular formula is C20H21ClN2O4. The Kier molecular flexibility index (Phi) is 5.77. The van der Waals surface area contributed by atoms with Crippen molar-refractivity contribution in [1.82, 2.24) is 10.3 Å². The minimum absolute atomic E-state index is 0.257. The van der Waals surface area contributed by atoms with Gasteiger partial charge in [0.15, 0.2) is 0 Å². The summed E-state index contributed by atoms with van der Waals surface area (Å²) in [6, 6.07) is 12.1. The molecule has 1 amide bonds. The van der Waals surface area contributed by atoms with E-state index >= 15 is 0 Å². The number of pyridine rings is 1. The van der Waals surface area contributed by atoms with E-state index in [1.54, 1.807) is 42.6 Å². The molecule has 0 spiro atoms. The number of methoxy groups -OCH3 is 1. The van der Waals surface area contributed by atoms with Crippen LogP contribution in [0.25, 0.3) is 0 Å². The van der Waals surface area contributed by atoms with Gasteiger partial charge in [0.2, 0.25) is 0 Å². The highest BCUT2D eigenvalue weighted by Crippen LogP contribution is 2.42. The summed E-state index contributed by atoms with van der Waals surface area (Å²) < 4.78 is 5.06. The van der Waals surface area contributed by atoms with E-state index in [0.29, 0.717) is 29.1 Å². The van der Waals surface area contributed by atoms with Gasteiger partial charge in [0.05, 0.1) is 13.2 Å². The Balaban J connectivity index is 2.02. The number of aliphatic hydroxyl groups is 1. The van der Waals surface area contributed by atoms with Crippen LogP contribution in [0.3, 0.4) is 0 Å². The SMILES string of the molecule is COC(=O)[C@@]1(NC(=O)c2ccccc2)CC[C@H](O)C[C@@H]1c1ccc(Cl)nc1. The molecule has 2 aromatic rings. The van der Waals surface area contributed by atoms with Crippen molar-refractivity contribution >= 4 is 23.5 Å². The average molecular weight is 389 g/mol. The van der Waals surface area contributed by atoms with Crippen LogP contribution in [0, 0.1) is 0 Å². The van der Waals surface area contributed by atoms with Gasteiger partial charge < -0.3 is 15.2 Å². The maximum absolute atomic E-state index is 12.8. The molecule has 1 fully saturated rings. The molecule has 6 nitrogen and oxygen atoms in total. The van der Waals surface area contributed by atoms with Crippen molar-refractivity contribution in [2.24, 2.45) is 0 Å². The highest BCUT2D eigenvalue weighted by molar-refractivity contribution is 6.29. The number of hydrogen-bond donors (Lipinski definition) is 2. The summed E-state index contributed by atoms with van der Waals surface area (Å²) in [6.07, 6.45) is 1.91. The lowest BCUT2D eigenvalue weighted by Crippen LogP contribution is -2.61. The second kappa shape index (κ2) is 8.06. The van der Waals surface area contributed by atoms with Crippen molar-refractivity contribution in [2.45, 2.75) is 36.8 Å². The fourth-order valence-electron chi connectivity index (χ4n) is 3.66. The van der Waals surface area contributed by atoms with E-state index < -0.39 is 23.5 Å². The van der Waals surface area contributed by atoms with E-state index in [0.717, 1.165) is 0 Å². The third-order valence-electron chi connectivity index (χ3n) is 5.05. The van der Waals surface area contributed by atoms with Crippen molar-refractivity contribution in [3.8, 4) is 0 Å². The molecule has 1 heterocycles. The fraction of sp³-hybridized carbons (Fsp3) is 0.350. The first kappa shape index (κ1) is 19.3. The number of nitrogens with one attached hydrogen (secondary N) is 1. The van der Waals surface area contributed by atoms with Gasteiger partial charge in [-0.15, -0.1) is 0 Å². The smallest absolute Gasteiger partial charge is 0.332 e. The van der Waals surface area contributed by atoms with Gasteiger partial charge in [-0.05, 0) is 43.0 Å². The Hall–Kier alpha value is -2.44. The van der Waals surface area contributed by atoms with Gasteiger partial charge in [-0.1, -0.05) is 35.9 Å². The third kappa shape index (κ3) is 3.96. The number of amides is 1. The number of benzene rings is 1. The van der Waals surface area contributed by atoms with Crippen LogP contribution in [0.5, 0.6) is 0 Å². The van der Waals surface area contributed by atoms with E-state index in [9.17, 15) is 14.7 Å². The minimum Gasteiger partial charge on any atom is -0.467 e. The van der Waals surface area contributed by atoms with Crippen LogP contribution in [-0.2, 0) is 9.53 Å². The van der Waals surface area contributed by atoms with Gasteiger partial charge in [-0.2, -0.15) is 0 Å². The number of carbonyl (C=O) groups is 2. The lowest BCUT2D eigenvalue weighted by molar-refractivity contribution is -0.151. The molecule has 0 unspecified atom stereocenters. The Morgan fingerprint density at radius 3 is 2.63 bits per heavy atom. The maximum Gasteiger partial charge on any atom is 0.332 e. The Morgan fingerprint density at radius 2 is 2.00 bits per heavy atom. The lowest BCUT2D eigenvalue weighted by atomic mass is 9.68. The quantitative estimate of drug-likeness (QED) is 0.621. The summed E-state index contributed by atoms with van der Waals surface area (Å²) in [4.78, 5) is 29.8. The zero-order valence-corrected chi connectivity index (χ0v) is 15.6. The summed E-state index contributed by atoms with van der Waals surface area (Å²) in [5.74, 6) is -1.41. The zero-order chi connectivity index (χ0) is 19.4. The minimum atomic E-state index is -1.30. The monoisotopic (exact) mass is 388 g/mol. The van der Waals surface area contributed by atoms with E-state index in [1.807, 2.05) is 6.07 Å². The summed E-state index contributed by atoms with van der Waals surface area (Å²) in [7, 11) is 1.29. The summed E-state index contributed by atoms with van der Waals surface area (Å²) in [5, 5.41) is 13.4. The van der Waals surface area contributed by atoms with Crippen LogP contribution < -0.4 is 5.32 Å². The summed E-state index contributed by atoms with van der Waals surface area (Å²) in [5.41, 5.74) is -0.145. The molecule has 142 valence electrons. The van der Waals surface area contributed by atoms with Crippen LogP contribution in [0.1, 0.15) is 41.1 Å². The molecule has 0 radical (unpaired) electrons. The number of halogens is 1. The number of hydrogen-bond acceptors (Lipinski definition) is 5. The predicted octanol–water partition coefficient (Wildman–Crippen LogP) is 2.71. The number of esters is 1. The van der Waals surface area contributed by atoms with Crippen molar-refractivity contribution < 1.29 is 19.4 Å². The van der Waals surface area contributed by atoms with Crippen molar-refractivity contribution in [3.63, 3.8) is 0 Å². The maximum atomic E-state index is 12.8. The molecule has 1 aromatic heterocycles. The van der Waals surface area contributed by atoms with Crippen LogP contribution in [0.4, 0.5) is 0 Å². The summed E-state index contributed by atoms with van der Waals surface area (Å²) >= 11 is 5.88. The van der Waals surface area contributed by atoms with Crippen LogP contribution in [-0.4, -0.2) is 40.7 Å². The first-order chi connectivity index (χ1) is 13.0. The van der Waals surface area contributed by atoms with Gasteiger partial charge in [0.25, 0.3) is 5.91 Å². The molecule has 1 saturated carbocycles. The highest BCUT2D eigenvalue weighted by atomic mass is 35.5. The first-order valence-electron chi connectivity index (χ1n) is 8.72. The second-order valence-corrected chi connectivity index (χ2v) is 7.07. The number of nitrogens with zero attached hydrogens (tertiary/aromatic N) is 1. The van der Waals surface area contributed by atoms with Gasteiger partial charge in [-0.3, -0.25) is 4.79 Å². The average Bonchev–Trinajstić information content (AvgIpc) is 2.70. The van der Waals surface area contributed by atoms with E-state index in [1.165, 1.54) is 7.11 Å². The van der Waals surface area contributed by atoms with Gasteiger partial charge >= 0.3 is 5.97 Å². The molecule has 7 heteroatoms. The number of ether oxygens (including phenoxy) is 1. The number of carbonyl (C=O) groups excluding carboxylic acids is 2. The van der Waals surface area contributed by atoms with E-state index in [4.69, 9.17) is 16.3 Å². The second-order valence-electron chi connectivity index (χ2n) is 6.68. The van der Waals surface area contributed by atoms with Crippen molar-refractivity contribution in [1.29, 1.82) is 0 Å². The number of rotatable bonds is 4. The van der Waals surface area contributed by atoms with Gasteiger partial charge in [0, 0.05) is 17.7 Å². The van der Waals surface area contributed by atoms with E-state index in [2.05, 4.69) is 10.3 Å². The third-order valence-corrected chi connectivity index (χ3v) is 5.27. The Morgan fingerprint density at radius 1 is 1.26 bits per heavy atom. The normalized spacial score (nSPS) is 24.9. The van der Waals surface area contributed by atoms with Gasteiger partial charge in [0.1, 0.15) is 10.7 Å². The molecule has 27 heavy (non-hydrogen) atoms. The number of aromatic nitrogens is 1. The predicted molar refractivity (Wildman–Crippen MR) is 101 cm³/mol. The zero-order valence-electron chi connectivity index (χ0n) is 14.9. The Bertz CT molecular complexity index is 812. The summed E-state index contributed by atoms with van der Waals surface area (Å²) in [6.45, 7) is 0. The van der Waals surface area contributed by atoms with Crippen molar-refractivity contribution in [3.05, 3.63) is 64.9 Å². The Labute approximate surface area is 162 Å². The van der Waals surface area contributed by atoms with E-state index in [-0.39, 0.29) is 12.3 Å². The van der Waals surface area contributed by atoms with Crippen molar-refractivity contribution in [2.75, 3.05) is 7.11 Å². The largest absolute Gasteiger partial charge is 0.467 e. The van der Waals surface area contributed by atoms with Crippen LogP contribution in [0.2, 0.25) is 5.15 Å². The highest BCUT2D eigenvalue weighted by Gasteiger charge is 2.52. The first-order valence-corrected chi connectivity index (χ1v) is 9.09. The molecule has 0 saturated heterocycles. The molecule has 2 N–H and O–H groups in total. The fourth-order valence-corrected chi connectivity index (χ4v) is 3.78. The standard InChI is InChI=1S/C20H21ClN2O4/c1-27-19(26)20(23-18(25)13-5-3-2-4-6-13)10-9-15(24)11-16(20)14-7-8-17(21)22-12-14/h2-8,12,15-16,24H,9-11H2,1H3,(H,23,25)/t15-,16+,20+/m0/s1. The molecule has 1 aliphatic rings. The van der Waals surface area contributed by atoms with Crippen LogP contribution in [0.15, 0.2) is 48.7 Å². The van der Waals surface area contributed by atoms with Crippen LogP contribution >= 0.6 is 11.6 Å². The molecule has 1 aliphatic carbocycles. The van der Waals surface area contributed by atoms with Gasteiger partial charge in [-0.25, -0.2) is 9.78 Å². The topological polar surface area (TPSA) is 88.5 Å². The molecule has 1 aromatic carbocycles. The lowest BCUT2D eigenvalue weighted by Gasteiger charge is -2.43. The molecule has 3 rings (SSSR count). The molecule has 0 aliphatic heterocycles. The molecule has 3 atom stereocenters. The number of aliphatic hydroxyl groups excluding tert-OH is 1. The molecule has 0 bridgehead atoms. The molecular weight excluding hydrogens is 368 g/mol.